The lowest BCUT2D eigenvalue weighted by molar-refractivity contribution is -0.274. The van der Waals surface area contributed by atoms with Crippen LogP contribution < -0.4 is 20.1 Å². The highest BCUT2D eigenvalue weighted by Crippen LogP contribution is 2.26. The topological polar surface area (TPSA) is 114 Å². The molecule has 9 nitrogen and oxygen atoms in total. The summed E-state index contributed by atoms with van der Waals surface area (Å²) in [6.45, 7) is 0. The number of carbonyl (C=O) groups excluding carboxylic acids is 1. The minimum atomic E-state index is -4.76. The molecule has 0 saturated heterocycles. The van der Waals surface area contributed by atoms with Gasteiger partial charge in [-0.1, -0.05) is 0 Å². The number of carbonyl (C=O) groups is 1. The van der Waals surface area contributed by atoms with Gasteiger partial charge in [-0.05, 0) is 79.4 Å². The van der Waals surface area contributed by atoms with Crippen LogP contribution in [0.1, 0.15) is 25.7 Å². The zero-order valence-corrected chi connectivity index (χ0v) is 17.3. The van der Waals surface area contributed by atoms with Crippen molar-refractivity contribution in [1.82, 2.24) is 25.9 Å². The van der Waals surface area contributed by atoms with E-state index in [1.807, 2.05) is 24.3 Å². The number of amides is 2. The highest BCUT2D eigenvalue weighted by atomic mass is 19.4. The van der Waals surface area contributed by atoms with Gasteiger partial charge in [0.15, 0.2) is 0 Å². The van der Waals surface area contributed by atoms with Crippen LogP contribution in [0.25, 0.3) is 11.4 Å². The van der Waals surface area contributed by atoms with Gasteiger partial charge in [-0.15, -0.1) is 23.4 Å². The van der Waals surface area contributed by atoms with Crippen LogP contribution in [-0.4, -0.2) is 45.2 Å². The molecule has 3 aromatic rings. The van der Waals surface area contributed by atoms with Crippen molar-refractivity contribution in [1.29, 1.82) is 0 Å². The SMILES string of the molecule is O=C(Nc1ccc(OC(F)(F)F)cc1)NC1CCC(Oc2ccc(-c3nn[nH]n3)cc2)CC1. The van der Waals surface area contributed by atoms with Crippen molar-refractivity contribution >= 4 is 11.7 Å². The number of halogens is 3. The van der Waals surface area contributed by atoms with Crippen LogP contribution in [0.2, 0.25) is 0 Å². The molecule has 0 spiro atoms. The van der Waals surface area contributed by atoms with E-state index in [4.69, 9.17) is 4.74 Å². The Morgan fingerprint density at radius 2 is 1.64 bits per heavy atom. The summed E-state index contributed by atoms with van der Waals surface area (Å²) in [4.78, 5) is 12.2. The second-order valence-electron chi connectivity index (χ2n) is 7.52. The Labute approximate surface area is 186 Å². The minimum absolute atomic E-state index is 0.0155. The normalized spacial score (nSPS) is 18.4. The van der Waals surface area contributed by atoms with Crippen molar-refractivity contribution < 1.29 is 27.4 Å². The fraction of sp³-hybridized carbons (Fsp3) is 0.333. The molecule has 0 bridgehead atoms. The molecule has 1 aromatic heterocycles. The number of hydrogen-bond donors (Lipinski definition) is 3. The summed E-state index contributed by atoms with van der Waals surface area (Å²) >= 11 is 0. The van der Waals surface area contributed by atoms with E-state index in [-0.39, 0.29) is 17.9 Å². The third-order valence-electron chi connectivity index (χ3n) is 5.12. The van der Waals surface area contributed by atoms with E-state index < -0.39 is 12.4 Å². The Balaban J connectivity index is 1.19. The lowest BCUT2D eigenvalue weighted by atomic mass is 9.93. The summed E-state index contributed by atoms with van der Waals surface area (Å²) in [5.74, 6) is 0.905. The number of urea groups is 1. The number of rotatable bonds is 6. The second kappa shape index (κ2) is 9.76. The predicted molar refractivity (Wildman–Crippen MR) is 112 cm³/mol. The van der Waals surface area contributed by atoms with Crippen molar-refractivity contribution in [3.05, 3.63) is 48.5 Å². The van der Waals surface area contributed by atoms with Crippen molar-refractivity contribution in [2.45, 2.75) is 44.2 Å². The van der Waals surface area contributed by atoms with Gasteiger partial charge in [0.2, 0.25) is 5.82 Å². The molecule has 2 amide bonds. The number of hydrogen-bond acceptors (Lipinski definition) is 6. The molecule has 33 heavy (non-hydrogen) atoms. The third kappa shape index (κ3) is 6.57. The van der Waals surface area contributed by atoms with Crippen LogP contribution in [0, 0.1) is 0 Å². The summed E-state index contributed by atoms with van der Waals surface area (Å²) in [5, 5.41) is 19.3. The fourth-order valence-electron chi connectivity index (χ4n) is 3.58. The van der Waals surface area contributed by atoms with Gasteiger partial charge in [-0.3, -0.25) is 0 Å². The first kappa shape index (κ1) is 22.4. The Kier molecular flexibility index (Phi) is 6.61. The second-order valence-corrected chi connectivity index (χ2v) is 7.52. The molecule has 2 aromatic carbocycles. The van der Waals surface area contributed by atoms with E-state index in [0.29, 0.717) is 11.5 Å². The van der Waals surface area contributed by atoms with Crippen molar-refractivity contribution in [2.24, 2.45) is 0 Å². The molecule has 1 saturated carbocycles. The number of alkyl halides is 3. The smallest absolute Gasteiger partial charge is 0.490 e. The summed E-state index contributed by atoms with van der Waals surface area (Å²) in [6.07, 6.45) is -1.66. The molecule has 12 heteroatoms. The molecule has 3 N–H and O–H groups in total. The van der Waals surface area contributed by atoms with E-state index in [2.05, 4.69) is 36.0 Å². The predicted octanol–water partition coefficient (Wildman–Crippen LogP) is 4.28. The van der Waals surface area contributed by atoms with Crippen molar-refractivity contribution in [2.75, 3.05) is 5.32 Å². The molecule has 1 aliphatic rings. The van der Waals surface area contributed by atoms with Crippen molar-refractivity contribution in [3.63, 3.8) is 0 Å². The first-order valence-electron chi connectivity index (χ1n) is 10.3. The van der Waals surface area contributed by atoms with E-state index >= 15 is 0 Å². The molecule has 4 rings (SSSR count). The maximum Gasteiger partial charge on any atom is 0.573 e. The highest BCUT2D eigenvalue weighted by molar-refractivity contribution is 5.89. The van der Waals surface area contributed by atoms with Gasteiger partial charge in [0, 0.05) is 17.3 Å². The zero-order valence-electron chi connectivity index (χ0n) is 17.3. The quantitative estimate of drug-likeness (QED) is 0.504. The lowest BCUT2D eigenvalue weighted by Gasteiger charge is -2.29. The van der Waals surface area contributed by atoms with Crippen LogP contribution in [-0.2, 0) is 0 Å². The van der Waals surface area contributed by atoms with Gasteiger partial charge in [0.25, 0.3) is 0 Å². The molecule has 174 valence electrons. The summed E-state index contributed by atoms with van der Waals surface area (Å²) in [5.41, 5.74) is 1.20. The van der Waals surface area contributed by atoms with Gasteiger partial charge in [-0.2, -0.15) is 5.21 Å². The summed E-state index contributed by atoms with van der Waals surface area (Å²) < 4.78 is 46.5. The number of ether oxygens (including phenoxy) is 2. The van der Waals surface area contributed by atoms with E-state index in [1.54, 1.807) is 0 Å². The number of aromatic amines is 1. The molecule has 1 heterocycles. The first-order valence-corrected chi connectivity index (χ1v) is 10.3. The average Bonchev–Trinajstić information content (AvgIpc) is 3.31. The van der Waals surface area contributed by atoms with Crippen LogP contribution in [0.3, 0.4) is 0 Å². The molecule has 0 radical (unpaired) electrons. The number of aromatic nitrogens is 4. The average molecular weight is 462 g/mol. The summed E-state index contributed by atoms with van der Waals surface area (Å²) in [7, 11) is 0. The van der Waals surface area contributed by atoms with Crippen LogP contribution >= 0.6 is 0 Å². The number of H-pyrrole nitrogens is 1. The lowest BCUT2D eigenvalue weighted by Crippen LogP contribution is -2.41. The maximum absolute atomic E-state index is 12.2. The number of tetrazole rings is 1. The van der Waals surface area contributed by atoms with Gasteiger partial charge < -0.3 is 20.1 Å². The monoisotopic (exact) mass is 462 g/mol. The van der Waals surface area contributed by atoms with Crippen molar-refractivity contribution in [3.8, 4) is 22.9 Å². The van der Waals surface area contributed by atoms with Crippen LogP contribution in [0.15, 0.2) is 48.5 Å². The summed E-state index contributed by atoms with van der Waals surface area (Å²) in [6, 6.07) is 12.0. The van der Waals surface area contributed by atoms with Crippen LogP contribution in [0.4, 0.5) is 23.7 Å². The van der Waals surface area contributed by atoms with Crippen LogP contribution in [0.5, 0.6) is 11.5 Å². The number of nitrogens with zero attached hydrogens (tertiary/aromatic N) is 3. The number of benzene rings is 2. The maximum atomic E-state index is 12.2. The van der Waals surface area contributed by atoms with Gasteiger partial charge in [-0.25, -0.2) is 4.79 Å². The Bertz CT molecular complexity index is 1030. The molecule has 1 aliphatic carbocycles. The molecule has 0 unspecified atom stereocenters. The number of nitrogens with one attached hydrogen (secondary N) is 3. The van der Waals surface area contributed by atoms with Gasteiger partial charge >= 0.3 is 12.4 Å². The zero-order chi connectivity index (χ0) is 23.3. The molecule has 0 atom stereocenters. The molecule has 1 fully saturated rings. The standard InChI is InChI=1S/C21H21F3N6O3/c22-21(23,24)33-18-11-5-15(6-12-18)26-20(31)25-14-3-9-17(10-4-14)32-16-7-1-13(2-8-16)19-27-29-30-28-19/h1-2,5-8,11-12,14,17H,3-4,9-10H2,(H2,25,26,31)(H,27,28,29,30). The first-order chi connectivity index (χ1) is 15.8. The van der Waals surface area contributed by atoms with Gasteiger partial charge in [0.1, 0.15) is 11.5 Å². The van der Waals surface area contributed by atoms with Gasteiger partial charge in [0.05, 0.1) is 6.10 Å². The molecule has 0 aliphatic heterocycles. The Morgan fingerprint density at radius 3 is 2.24 bits per heavy atom. The van der Waals surface area contributed by atoms with E-state index in [0.717, 1.165) is 49.1 Å². The minimum Gasteiger partial charge on any atom is -0.490 e. The largest absolute Gasteiger partial charge is 0.573 e. The molecular formula is C21H21F3N6O3. The number of anilines is 1. The van der Waals surface area contributed by atoms with E-state index in [9.17, 15) is 18.0 Å². The Morgan fingerprint density at radius 1 is 0.970 bits per heavy atom. The molecular weight excluding hydrogens is 441 g/mol. The van der Waals surface area contributed by atoms with E-state index in [1.165, 1.54) is 12.1 Å². The highest BCUT2D eigenvalue weighted by Gasteiger charge is 2.31. The Hall–Kier alpha value is -3.83. The fourth-order valence-corrected chi connectivity index (χ4v) is 3.58. The third-order valence-corrected chi connectivity index (χ3v) is 5.12.